The van der Waals surface area contributed by atoms with Gasteiger partial charge in [-0.05, 0) is 31.0 Å². The summed E-state index contributed by atoms with van der Waals surface area (Å²) in [5, 5.41) is 14.9. The first-order valence-electron chi connectivity index (χ1n) is 6.39. The largest absolute Gasteiger partial charge is 0.392 e. The molecule has 0 saturated carbocycles. The summed E-state index contributed by atoms with van der Waals surface area (Å²) in [5.74, 6) is -0.0588. The molecule has 0 aliphatic heterocycles. The monoisotopic (exact) mass is 250 g/mol. The van der Waals surface area contributed by atoms with Gasteiger partial charge in [0.2, 0.25) is 0 Å². The minimum atomic E-state index is -0.359. The lowest BCUT2D eigenvalue weighted by molar-refractivity contribution is 0.0953. The van der Waals surface area contributed by atoms with Gasteiger partial charge in [0, 0.05) is 25.2 Å². The molecule has 0 aliphatic carbocycles. The number of hydrogen-bond acceptors (Lipinski definition) is 3. The second-order valence-corrected chi connectivity index (χ2v) is 4.36. The van der Waals surface area contributed by atoms with Crippen LogP contribution in [0, 0.1) is 0 Å². The lowest BCUT2D eigenvalue weighted by Crippen LogP contribution is -2.34. The van der Waals surface area contributed by atoms with E-state index in [4.69, 9.17) is 5.11 Å². The van der Waals surface area contributed by atoms with Crippen LogP contribution >= 0.6 is 0 Å². The highest BCUT2D eigenvalue weighted by Crippen LogP contribution is 2.04. The molecule has 4 nitrogen and oxygen atoms in total. The third-order valence-corrected chi connectivity index (χ3v) is 2.65. The molecule has 0 aromatic heterocycles. The molecule has 3 N–H and O–H groups in total. The van der Waals surface area contributed by atoms with E-state index in [-0.39, 0.29) is 12.0 Å². The number of hydrogen-bond donors (Lipinski definition) is 3. The van der Waals surface area contributed by atoms with Gasteiger partial charge in [0.25, 0.3) is 5.91 Å². The van der Waals surface area contributed by atoms with Gasteiger partial charge in [0.15, 0.2) is 0 Å². The first kappa shape index (κ1) is 14.7. The number of aliphatic hydroxyl groups excluding tert-OH is 1. The Morgan fingerprint density at radius 1 is 1.28 bits per heavy atom. The molecule has 1 aromatic carbocycles. The van der Waals surface area contributed by atoms with Crippen molar-refractivity contribution in [3.63, 3.8) is 0 Å². The van der Waals surface area contributed by atoms with Crippen LogP contribution in [-0.2, 0) is 6.42 Å². The summed E-state index contributed by atoms with van der Waals surface area (Å²) in [6, 6.07) is 7.63. The molecule has 0 heterocycles. The molecule has 1 amide bonds. The van der Waals surface area contributed by atoms with Crippen LogP contribution in [0.2, 0.25) is 0 Å². The van der Waals surface area contributed by atoms with Crippen molar-refractivity contribution < 1.29 is 9.90 Å². The van der Waals surface area contributed by atoms with Crippen LogP contribution in [0.15, 0.2) is 24.3 Å². The highest BCUT2D eigenvalue weighted by Gasteiger charge is 2.03. The second kappa shape index (κ2) is 7.84. The van der Waals surface area contributed by atoms with E-state index in [2.05, 4.69) is 17.6 Å². The van der Waals surface area contributed by atoms with E-state index >= 15 is 0 Å². The predicted octanol–water partition coefficient (Wildman–Crippen LogP) is 0.949. The minimum Gasteiger partial charge on any atom is -0.392 e. The predicted molar refractivity (Wildman–Crippen MR) is 72.7 cm³/mol. The van der Waals surface area contributed by atoms with Gasteiger partial charge in [-0.1, -0.05) is 19.1 Å². The molecule has 100 valence electrons. The van der Waals surface area contributed by atoms with Gasteiger partial charge in [0.05, 0.1) is 6.10 Å². The first-order chi connectivity index (χ1) is 8.63. The van der Waals surface area contributed by atoms with E-state index in [0.29, 0.717) is 25.2 Å². The summed E-state index contributed by atoms with van der Waals surface area (Å²) in [6.45, 7) is 5.57. The third kappa shape index (κ3) is 5.29. The van der Waals surface area contributed by atoms with E-state index < -0.39 is 0 Å². The van der Waals surface area contributed by atoms with Crippen molar-refractivity contribution in [1.29, 1.82) is 0 Å². The van der Waals surface area contributed by atoms with Crippen molar-refractivity contribution in [2.45, 2.75) is 26.4 Å². The lowest BCUT2D eigenvalue weighted by atomic mass is 10.1. The number of rotatable bonds is 7. The van der Waals surface area contributed by atoms with Crippen LogP contribution in [0.1, 0.15) is 29.8 Å². The van der Waals surface area contributed by atoms with Crippen molar-refractivity contribution >= 4 is 5.91 Å². The number of carbonyl (C=O) groups is 1. The van der Waals surface area contributed by atoms with Crippen LogP contribution in [0.4, 0.5) is 0 Å². The van der Waals surface area contributed by atoms with Crippen LogP contribution in [0.25, 0.3) is 0 Å². The summed E-state index contributed by atoms with van der Waals surface area (Å²) < 4.78 is 0. The molecule has 18 heavy (non-hydrogen) atoms. The molecular weight excluding hydrogens is 228 g/mol. The zero-order chi connectivity index (χ0) is 13.4. The average Bonchev–Trinajstić information content (AvgIpc) is 2.38. The second-order valence-electron chi connectivity index (χ2n) is 4.36. The molecule has 1 atom stereocenters. The van der Waals surface area contributed by atoms with Gasteiger partial charge in [-0.2, -0.15) is 0 Å². The van der Waals surface area contributed by atoms with Crippen molar-refractivity contribution in [2.24, 2.45) is 0 Å². The quantitative estimate of drug-likeness (QED) is 0.631. The standard InChI is InChI=1S/C14H22N2O2/c1-3-12-4-6-13(7-5-12)14(18)16-9-8-15-10-11(2)17/h4-7,11,15,17H,3,8-10H2,1-2H3,(H,16,18). The Morgan fingerprint density at radius 2 is 1.94 bits per heavy atom. The Hall–Kier alpha value is -1.39. The van der Waals surface area contributed by atoms with Crippen molar-refractivity contribution in [2.75, 3.05) is 19.6 Å². The van der Waals surface area contributed by atoms with Crippen molar-refractivity contribution in [3.8, 4) is 0 Å². The molecule has 1 aromatic rings. The number of nitrogens with one attached hydrogen (secondary N) is 2. The molecule has 0 saturated heterocycles. The molecule has 1 rings (SSSR count). The zero-order valence-corrected chi connectivity index (χ0v) is 11.1. The van der Waals surface area contributed by atoms with E-state index in [0.717, 1.165) is 6.42 Å². The van der Waals surface area contributed by atoms with Crippen LogP contribution in [0.5, 0.6) is 0 Å². The molecule has 1 unspecified atom stereocenters. The Bertz CT molecular complexity index is 361. The molecule has 0 radical (unpaired) electrons. The number of aryl methyl sites for hydroxylation is 1. The molecule has 0 aliphatic rings. The summed E-state index contributed by atoms with van der Waals surface area (Å²) in [7, 11) is 0. The topological polar surface area (TPSA) is 61.4 Å². The maximum atomic E-state index is 11.8. The molecule has 0 bridgehead atoms. The number of carbonyl (C=O) groups excluding carboxylic acids is 1. The van der Waals surface area contributed by atoms with Crippen molar-refractivity contribution in [3.05, 3.63) is 35.4 Å². The van der Waals surface area contributed by atoms with Crippen LogP contribution in [0.3, 0.4) is 0 Å². The number of aliphatic hydroxyl groups is 1. The fourth-order valence-electron chi connectivity index (χ4n) is 1.57. The fraction of sp³-hybridized carbons (Fsp3) is 0.500. The maximum absolute atomic E-state index is 11.8. The highest BCUT2D eigenvalue weighted by atomic mass is 16.3. The Labute approximate surface area is 108 Å². The third-order valence-electron chi connectivity index (χ3n) is 2.65. The molecule has 0 fully saturated rings. The van der Waals surface area contributed by atoms with E-state index in [1.165, 1.54) is 5.56 Å². The van der Waals surface area contributed by atoms with Gasteiger partial charge in [-0.3, -0.25) is 4.79 Å². The maximum Gasteiger partial charge on any atom is 0.251 e. The SMILES string of the molecule is CCc1ccc(C(=O)NCCNCC(C)O)cc1. The smallest absolute Gasteiger partial charge is 0.251 e. The van der Waals surface area contributed by atoms with E-state index in [9.17, 15) is 4.79 Å². The van der Waals surface area contributed by atoms with E-state index in [1.807, 2.05) is 24.3 Å². The highest BCUT2D eigenvalue weighted by molar-refractivity contribution is 5.94. The van der Waals surface area contributed by atoms with Gasteiger partial charge >= 0.3 is 0 Å². The van der Waals surface area contributed by atoms with Crippen LogP contribution < -0.4 is 10.6 Å². The minimum absolute atomic E-state index is 0.0588. The van der Waals surface area contributed by atoms with Crippen LogP contribution in [-0.4, -0.2) is 36.8 Å². The Morgan fingerprint density at radius 3 is 2.50 bits per heavy atom. The number of benzene rings is 1. The summed E-state index contributed by atoms with van der Waals surface area (Å²) in [5.41, 5.74) is 1.91. The Kier molecular flexibility index (Phi) is 6.39. The molecule has 0 spiro atoms. The first-order valence-corrected chi connectivity index (χ1v) is 6.39. The van der Waals surface area contributed by atoms with Gasteiger partial charge in [-0.15, -0.1) is 0 Å². The lowest BCUT2D eigenvalue weighted by Gasteiger charge is -2.08. The van der Waals surface area contributed by atoms with Gasteiger partial charge in [-0.25, -0.2) is 0 Å². The normalized spacial score (nSPS) is 12.2. The zero-order valence-electron chi connectivity index (χ0n) is 11.1. The van der Waals surface area contributed by atoms with Gasteiger partial charge in [0.1, 0.15) is 0 Å². The Balaban J connectivity index is 2.27. The molecular formula is C14H22N2O2. The van der Waals surface area contributed by atoms with E-state index in [1.54, 1.807) is 6.92 Å². The van der Waals surface area contributed by atoms with Crippen molar-refractivity contribution in [1.82, 2.24) is 10.6 Å². The molecule has 4 heteroatoms. The summed E-state index contributed by atoms with van der Waals surface area (Å²) in [6.07, 6.45) is 0.618. The van der Waals surface area contributed by atoms with Gasteiger partial charge < -0.3 is 15.7 Å². The fourth-order valence-corrected chi connectivity index (χ4v) is 1.57. The average molecular weight is 250 g/mol. The summed E-state index contributed by atoms with van der Waals surface area (Å²) in [4.78, 5) is 11.8. The summed E-state index contributed by atoms with van der Waals surface area (Å²) >= 11 is 0. The number of amides is 1.